The van der Waals surface area contributed by atoms with E-state index in [1.165, 1.54) is 18.6 Å². The molecule has 1 fully saturated rings. The SMILES string of the molecule is COc1cc(NC(=O)c2cnccn2)ccc1N1CCCCC1=O. The van der Waals surface area contributed by atoms with Gasteiger partial charge in [-0.05, 0) is 25.0 Å². The molecule has 0 saturated carbocycles. The van der Waals surface area contributed by atoms with Crippen molar-refractivity contribution >= 4 is 23.2 Å². The topological polar surface area (TPSA) is 84.4 Å². The van der Waals surface area contributed by atoms with E-state index < -0.39 is 0 Å². The molecule has 1 aromatic heterocycles. The van der Waals surface area contributed by atoms with Crippen molar-refractivity contribution in [3.05, 3.63) is 42.5 Å². The van der Waals surface area contributed by atoms with E-state index in [-0.39, 0.29) is 17.5 Å². The highest BCUT2D eigenvalue weighted by atomic mass is 16.5. The van der Waals surface area contributed by atoms with Crippen LogP contribution in [-0.4, -0.2) is 35.4 Å². The number of nitrogens with zero attached hydrogens (tertiary/aromatic N) is 3. The Labute approximate surface area is 139 Å². The Bertz CT molecular complexity index is 749. The third-order valence-corrected chi connectivity index (χ3v) is 3.85. The van der Waals surface area contributed by atoms with Crippen molar-refractivity contribution < 1.29 is 14.3 Å². The molecule has 0 aliphatic carbocycles. The minimum absolute atomic E-state index is 0.0934. The minimum atomic E-state index is -0.355. The summed E-state index contributed by atoms with van der Waals surface area (Å²) < 4.78 is 5.40. The molecule has 0 bridgehead atoms. The lowest BCUT2D eigenvalue weighted by Crippen LogP contribution is -2.35. The molecule has 7 nitrogen and oxygen atoms in total. The average molecular weight is 326 g/mol. The van der Waals surface area contributed by atoms with Crippen LogP contribution in [0.1, 0.15) is 29.8 Å². The van der Waals surface area contributed by atoms with Gasteiger partial charge in [0.15, 0.2) is 0 Å². The monoisotopic (exact) mass is 326 g/mol. The molecule has 3 rings (SSSR count). The number of rotatable bonds is 4. The Morgan fingerprint density at radius 3 is 2.88 bits per heavy atom. The van der Waals surface area contributed by atoms with Gasteiger partial charge in [-0.15, -0.1) is 0 Å². The lowest BCUT2D eigenvalue weighted by Gasteiger charge is -2.28. The number of piperidine rings is 1. The van der Waals surface area contributed by atoms with Crippen LogP contribution in [0.4, 0.5) is 11.4 Å². The van der Waals surface area contributed by atoms with Crippen molar-refractivity contribution in [2.24, 2.45) is 0 Å². The largest absolute Gasteiger partial charge is 0.494 e. The van der Waals surface area contributed by atoms with Gasteiger partial charge in [-0.1, -0.05) is 0 Å². The number of anilines is 2. The van der Waals surface area contributed by atoms with Gasteiger partial charge in [-0.2, -0.15) is 0 Å². The summed E-state index contributed by atoms with van der Waals surface area (Å²) in [5, 5.41) is 2.75. The van der Waals surface area contributed by atoms with Crippen LogP contribution in [0.15, 0.2) is 36.8 Å². The van der Waals surface area contributed by atoms with Crippen molar-refractivity contribution in [1.29, 1.82) is 0 Å². The molecule has 2 aromatic rings. The summed E-state index contributed by atoms with van der Waals surface area (Å²) in [7, 11) is 1.54. The molecule has 24 heavy (non-hydrogen) atoms. The van der Waals surface area contributed by atoms with E-state index in [2.05, 4.69) is 15.3 Å². The highest BCUT2D eigenvalue weighted by Crippen LogP contribution is 2.33. The Morgan fingerprint density at radius 1 is 1.29 bits per heavy atom. The van der Waals surface area contributed by atoms with Crippen LogP contribution in [0.5, 0.6) is 5.75 Å². The van der Waals surface area contributed by atoms with Crippen molar-refractivity contribution in [3.8, 4) is 5.75 Å². The standard InChI is InChI=1S/C17H18N4O3/c1-24-15-10-12(20-17(23)13-11-18-7-8-19-13)5-6-14(15)21-9-3-2-4-16(21)22/h5-8,10-11H,2-4,9H2,1H3,(H,20,23). The van der Waals surface area contributed by atoms with Gasteiger partial charge in [0.2, 0.25) is 5.91 Å². The maximum Gasteiger partial charge on any atom is 0.275 e. The molecular formula is C17H18N4O3. The number of hydrogen-bond donors (Lipinski definition) is 1. The van der Waals surface area contributed by atoms with E-state index in [0.717, 1.165) is 18.5 Å². The van der Waals surface area contributed by atoms with E-state index in [1.807, 2.05) is 0 Å². The van der Waals surface area contributed by atoms with Crippen molar-refractivity contribution in [3.63, 3.8) is 0 Å². The van der Waals surface area contributed by atoms with Gasteiger partial charge in [-0.25, -0.2) is 4.98 Å². The second kappa shape index (κ2) is 7.08. The summed E-state index contributed by atoms with van der Waals surface area (Å²) in [6, 6.07) is 5.23. The zero-order valence-electron chi connectivity index (χ0n) is 13.4. The fourth-order valence-corrected chi connectivity index (χ4v) is 2.65. The Hall–Kier alpha value is -2.96. The van der Waals surface area contributed by atoms with E-state index in [4.69, 9.17) is 4.74 Å². The van der Waals surface area contributed by atoms with Gasteiger partial charge >= 0.3 is 0 Å². The molecule has 1 saturated heterocycles. The molecule has 124 valence electrons. The summed E-state index contributed by atoms with van der Waals surface area (Å²) in [6.07, 6.45) is 6.80. The molecule has 0 spiro atoms. The number of aromatic nitrogens is 2. The fraction of sp³-hybridized carbons (Fsp3) is 0.294. The molecule has 0 atom stereocenters. The molecule has 2 heterocycles. The number of ether oxygens (including phenoxy) is 1. The first kappa shape index (κ1) is 15.9. The lowest BCUT2D eigenvalue weighted by atomic mass is 10.1. The maximum absolute atomic E-state index is 12.1. The van der Waals surface area contributed by atoms with Crippen molar-refractivity contribution in [2.75, 3.05) is 23.9 Å². The fourth-order valence-electron chi connectivity index (χ4n) is 2.65. The van der Waals surface area contributed by atoms with Gasteiger partial charge in [0.1, 0.15) is 11.4 Å². The second-order valence-electron chi connectivity index (χ2n) is 5.43. The third kappa shape index (κ3) is 3.34. The molecule has 1 N–H and O–H groups in total. The summed E-state index contributed by atoms with van der Waals surface area (Å²) in [5.74, 6) is 0.282. The predicted octanol–water partition coefficient (Wildman–Crippen LogP) is 2.25. The van der Waals surface area contributed by atoms with Crippen LogP contribution >= 0.6 is 0 Å². The number of hydrogen-bond acceptors (Lipinski definition) is 5. The minimum Gasteiger partial charge on any atom is -0.494 e. The molecule has 2 amide bonds. The first-order valence-corrected chi connectivity index (χ1v) is 7.75. The quantitative estimate of drug-likeness (QED) is 0.931. The van der Waals surface area contributed by atoms with Crippen LogP contribution < -0.4 is 15.0 Å². The molecule has 1 aliphatic rings. The van der Waals surface area contributed by atoms with Crippen LogP contribution in [0.2, 0.25) is 0 Å². The zero-order valence-corrected chi connectivity index (χ0v) is 13.4. The van der Waals surface area contributed by atoms with Crippen LogP contribution in [0, 0.1) is 0 Å². The van der Waals surface area contributed by atoms with Crippen LogP contribution in [0.3, 0.4) is 0 Å². The summed E-state index contributed by atoms with van der Waals surface area (Å²) >= 11 is 0. The summed E-state index contributed by atoms with van der Waals surface area (Å²) in [4.78, 5) is 33.8. The molecule has 1 aliphatic heterocycles. The Balaban J connectivity index is 1.81. The van der Waals surface area contributed by atoms with Crippen molar-refractivity contribution in [1.82, 2.24) is 9.97 Å². The summed E-state index contributed by atoms with van der Waals surface area (Å²) in [5.41, 5.74) is 1.52. The van der Waals surface area contributed by atoms with Gasteiger partial charge in [-0.3, -0.25) is 14.6 Å². The van der Waals surface area contributed by atoms with E-state index in [9.17, 15) is 9.59 Å². The number of carbonyl (C=O) groups excluding carboxylic acids is 2. The first-order chi connectivity index (χ1) is 11.7. The number of methoxy groups -OCH3 is 1. The molecule has 7 heteroatoms. The highest BCUT2D eigenvalue weighted by molar-refractivity contribution is 6.03. The normalized spacial score (nSPS) is 14.4. The molecular weight excluding hydrogens is 308 g/mol. The lowest BCUT2D eigenvalue weighted by molar-refractivity contribution is -0.119. The van der Waals surface area contributed by atoms with E-state index >= 15 is 0 Å². The number of amides is 2. The first-order valence-electron chi connectivity index (χ1n) is 7.75. The smallest absolute Gasteiger partial charge is 0.275 e. The van der Waals surface area contributed by atoms with Crippen LogP contribution in [-0.2, 0) is 4.79 Å². The number of nitrogens with one attached hydrogen (secondary N) is 1. The summed E-state index contributed by atoms with van der Waals surface area (Å²) in [6.45, 7) is 0.681. The van der Waals surface area contributed by atoms with Gasteiger partial charge in [0.05, 0.1) is 19.0 Å². The van der Waals surface area contributed by atoms with Crippen LogP contribution in [0.25, 0.3) is 0 Å². The molecule has 1 aromatic carbocycles. The Kier molecular flexibility index (Phi) is 4.69. The van der Waals surface area contributed by atoms with Crippen molar-refractivity contribution in [2.45, 2.75) is 19.3 Å². The van der Waals surface area contributed by atoms with E-state index in [1.54, 1.807) is 30.2 Å². The van der Waals surface area contributed by atoms with Gasteiger partial charge in [0.25, 0.3) is 5.91 Å². The van der Waals surface area contributed by atoms with Gasteiger partial charge in [0, 0.05) is 37.1 Å². The Morgan fingerprint density at radius 2 is 2.17 bits per heavy atom. The average Bonchev–Trinajstić information content (AvgIpc) is 2.63. The second-order valence-corrected chi connectivity index (χ2v) is 5.43. The number of benzene rings is 1. The van der Waals surface area contributed by atoms with Gasteiger partial charge < -0.3 is 15.0 Å². The molecule has 0 radical (unpaired) electrons. The number of carbonyl (C=O) groups is 2. The maximum atomic E-state index is 12.1. The molecule has 0 unspecified atom stereocenters. The zero-order chi connectivity index (χ0) is 16.9. The third-order valence-electron chi connectivity index (χ3n) is 3.85. The predicted molar refractivity (Wildman–Crippen MR) is 89.2 cm³/mol. The van der Waals surface area contributed by atoms with E-state index in [0.29, 0.717) is 24.4 Å². The highest BCUT2D eigenvalue weighted by Gasteiger charge is 2.22.